The molecule has 2 aromatic rings. The highest BCUT2D eigenvalue weighted by Crippen LogP contribution is 2.16. The number of hydrogen-bond acceptors (Lipinski definition) is 4. The lowest BCUT2D eigenvalue weighted by atomic mass is 10.1. The number of nitrogen functional groups attached to an aromatic ring is 1. The Hall–Kier alpha value is -2.49. The molecule has 4 nitrogen and oxygen atoms in total. The summed E-state index contributed by atoms with van der Waals surface area (Å²) in [6.45, 7) is -0.0311. The van der Waals surface area contributed by atoms with Crippen molar-refractivity contribution in [2.45, 2.75) is 0 Å². The summed E-state index contributed by atoms with van der Waals surface area (Å²) in [5.41, 5.74) is 6.79. The topological polar surface area (TPSA) is 61.5 Å². The lowest BCUT2D eigenvalue weighted by Gasteiger charge is -2.07. The average molecular weight is 257 g/mol. The second-order valence-electron chi connectivity index (χ2n) is 4.02. The molecule has 0 fully saturated rings. The van der Waals surface area contributed by atoms with E-state index in [4.69, 9.17) is 15.2 Å². The number of ether oxygens (including phenoxy) is 2. The highest BCUT2D eigenvalue weighted by Gasteiger charge is 2.08. The molecule has 0 unspecified atom stereocenters. The van der Waals surface area contributed by atoms with E-state index < -0.39 is 0 Å². The molecule has 0 saturated carbocycles. The molecule has 0 aliphatic carbocycles. The van der Waals surface area contributed by atoms with Gasteiger partial charge in [0, 0.05) is 17.3 Å². The summed E-state index contributed by atoms with van der Waals surface area (Å²) < 4.78 is 10.5. The first-order chi connectivity index (χ1) is 9.19. The number of carbonyl (C=O) groups is 1. The van der Waals surface area contributed by atoms with Gasteiger partial charge < -0.3 is 15.2 Å². The minimum Gasteiger partial charge on any atom is -0.497 e. The monoisotopic (exact) mass is 257 g/mol. The molecule has 0 heterocycles. The van der Waals surface area contributed by atoms with Crippen LogP contribution < -0.4 is 15.2 Å². The van der Waals surface area contributed by atoms with Gasteiger partial charge in [-0.05, 0) is 24.3 Å². The molecule has 19 heavy (non-hydrogen) atoms. The number of carbonyl (C=O) groups excluding carboxylic acids is 1. The maximum atomic E-state index is 12.0. The van der Waals surface area contributed by atoms with Crippen molar-refractivity contribution in [3.63, 3.8) is 0 Å². The molecule has 0 atom stereocenters. The predicted molar refractivity (Wildman–Crippen MR) is 73.7 cm³/mol. The molecule has 0 amide bonds. The van der Waals surface area contributed by atoms with Gasteiger partial charge in [0.25, 0.3) is 0 Å². The molecule has 0 aliphatic heterocycles. The summed E-state index contributed by atoms with van der Waals surface area (Å²) in [5.74, 6) is 1.12. The molecule has 2 aromatic carbocycles. The van der Waals surface area contributed by atoms with E-state index in [9.17, 15) is 4.79 Å². The van der Waals surface area contributed by atoms with Crippen molar-refractivity contribution in [2.24, 2.45) is 0 Å². The molecule has 98 valence electrons. The van der Waals surface area contributed by atoms with E-state index in [1.807, 2.05) is 0 Å². The summed E-state index contributed by atoms with van der Waals surface area (Å²) >= 11 is 0. The Balaban J connectivity index is 2.01. The van der Waals surface area contributed by atoms with Gasteiger partial charge in [0.2, 0.25) is 0 Å². The molecule has 0 aliphatic rings. The molecule has 2 rings (SSSR count). The third-order valence-electron chi connectivity index (χ3n) is 2.62. The normalized spacial score (nSPS) is 9.95. The molecule has 0 aromatic heterocycles. The van der Waals surface area contributed by atoms with Crippen molar-refractivity contribution in [2.75, 3.05) is 19.5 Å². The number of benzene rings is 2. The zero-order chi connectivity index (χ0) is 13.7. The zero-order valence-electron chi connectivity index (χ0n) is 10.6. The highest BCUT2D eigenvalue weighted by atomic mass is 16.5. The van der Waals surface area contributed by atoms with Crippen LogP contribution in [-0.4, -0.2) is 19.5 Å². The van der Waals surface area contributed by atoms with Crippen LogP contribution in [0.1, 0.15) is 10.4 Å². The quantitative estimate of drug-likeness (QED) is 0.660. The molecular weight excluding hydrogens is 242 g/mol. The van der Waals surface area contributed by atoms with Crippen molar-refractivity contribution >= 4 is 11.5 Å². The minimum atomic E-state index is -0.110. The van der Waals surface area contributed by atoms with Crippen LogP contribution in [-0.2, 0) is 0 Å². The summed E-state index contributed by atoms with van der Waals surface area (Å²) in [4.78, 5) is 12.0. The van der Waals surface area contributed by atoms with Crippen LogP contribution in [0.4, 0.5) is 5.69 Å². The fourth-order valence-electron chi connectivity index (χ4n) is 1.63. The first-order valence-electron chi connectivity index (χ1n) is 5.84. The van der Waals surface area contributed by atoms with Crippen LogP contribution in [0.25, 0.3) is 0 Å². The van der Waals surface area contributed by atoms with E-state index in [1.165, 1.54) is 0 Å². The van der Waals surface area contributed by atoms with Gasteiger partial charge in [-0.15, -0.1) is 0 Å². The third kappa shape index (κ3) is 3.48. The van der Waals surface area contributed by atoms with E-state index in [2.05, 4.69) is 0 Å². The van der Waals surface area contributed by atoms with Crippen molar-refractivity contribution in [3.8, 4) is 11.5 Å². The van der Waals surface area contributed by atoms with Crippen LogP contribution in [0.2, 0.25) is 0 Å². The zero-order valence-corrected chi connectivity index (χ0v) is 10.6. The molecule has 0 spiro atoms. The summed E-state index contributed by atoms with van der Waals surface area (Å²) in [5, 5.41) is 0. The molecule has 2 N–H and O–H groups in total. The first kappa shape index (κ1) is 13.0. The molecule has 0 radical (unpaired) electrons. The van der Waals surface area contributed by atoms with E-state index >= 15 is 0 Å². The Kier molecular flexibility index (Phi) is 4.03. The number of nitrogens with two attached hydrogens (primary N) is 1. The van der Waals surface area contributed by atoms with Crippen molar-refractivity contribution in [1.29, 1.82) is 0 Å². The molecule has 4 heteroatoms. The summed E-state index contributed by atoms with van der Waals surface area (Å²) in [7, 11) is 1.56. The lowest BCUT2D eigenvalue weighted by molar-refractivity contribution is 0.0921. The van der Waals surface area contributed by atoms with Crippen molar-refractivity contribution in [3.05, 3.63) is 54.1 Å². The van der Waals surface area contributed by atoms with Crippen molar-refractivity contribution in [1.82, 2.24) is 0 Å². The van der Waals surface area contributed by atoms with Gasteiger partial charge in [0.15, 0.2) is 12.4 Å². The highest BCUT2D eigenvalue weighted by molar-refractivity contribution is 5.97. The standard InChI is InChI=1S/C15H15NO3/c1-18-13-6-2-4-11(8-13)15(17)10-19-14-7-3-5-12(16)9-14/h2-9H,10,16H2,1H3. The Bertz CT molecular complexity index is 581. The van der Waals surface area contributed by atoms with Crippen LogP contribution in [0.15, 0.2) is 48.5 Å². The largest absolute Gasteiger partial charge is 0.497 e. The molecular formula is C15H15NO3. The maximum absolute atomic E-state index is 12.0. The van der Waals surface area contributed by atoms with Crippen LogP contribution >= 0.6 is 0 Å². The Morgan fingerprint density at radius 2 is 1.84 bits per heavy atom. The van der Waals surface area contributed by atoms with Gasteiger partial charge in [-0.25, -0.2) is 0 Å². The number of hydrogen-bond donors (Lipinski definition) is 1. The van der Waals surface area contributed by atoms with Gasteiger partial charge in [-0.3, -0.25) is 4.79 Å². The van der Waals surface area contributed by atoms with E-state index in [0.717, 1.165) is 0 Å². The first-order valence-corrected chi connectivity index (χ1v) is 5.84. The van der Waals surface area contributed by atoms with Gasteiger partial charge in [-0.1, -0.05) is 18.2 Å². The fraction of sp³-hybridized carbons (Fsp3) is 0.133. The number of Topliss-reactive ketones (excluding diaryl/α,β-unsaturated/α-hetero) is 1. The van der Waals surface area contributed by atoms with Gasteiger partial charge >= 0.3 is 0 Å². The second-order valence-corrected chi connectivity index (χ2v) is 4.02. The third-order valence-corrected chi connectivity index (χ3v) is 2.62. The van der Waals surface area contributed by atoms with Gasteiger partial charge in [0.05, 0.1) is 7.11 Å². The Labute approximate surface area is 111 Å². The maximum Gasteiger partial charge on any atom is 0.200 e. The SMILES string of the molecule is COc1cccc(C(=O)COc2cccc(N)c2)c1. The summed E-state index contributed by atoms with van der Waals surface area (Å²) in [6.07, 6.45) is 0. The van der Waals surface area contributed by atoms with Gasteiger partial charge in [0.1, 0.15) is 11.5 Å². The van der Waals surface area contributed by atoms with Gasteiger partial charge in [-0.2, -0.15) is 0 Å². The van der Waals surface area contributed by atoms with Crippen molar-refractivity contribution < 1.29 is 14.3 Å². The van der Waals surface area contributed by atoms with E-state index in [-0.39, 0.29) is 12.4 Å². The number of methoxy groups -OCH3 is 1. The predicted octanol–water partition coefficient (Wildman–Crippen LogP) is 2.54. The smallest absolute Gasteiger partial charge is 0.200 e. The fourth-order valence-corrected chi connectivity index (χ4v) is 1.63. The summed E-state index contributed by atoms with van der Waals surface area (Å²) in [6, 6.07) is 14.0. The average Bonchev–Trinajstić information content (AvgIpc) is 2.45. The lowest BCUT2D eigenvalue weighted by Crippen LogP contribution is -2.11. The number of rotatable bonds is 5. The van der Waals surface area contributed by atoms with E-state index in [0.29, 0.717) is 22.7 Å². The Morgan fingerprint density at radius 1 is 1.11 bits per heavy atom. The van der Waals surface area contributed by atoms with Crippen LogP contribution in [0, 0.1) is 0 Å². The molecule has 0 bridgehead atoms. The minimum absolute atomic E-state index is 0.0311. The number of anilines is 1. The Morgan fingerprint density at radius 3 is 2.58 bits per heavy atom. The second kappa shape index (κ2) is 5.91. The van der Waals surface area contributed by atoms with Crippen LogP contribution in [0.5, 0.6) is 11.5 Å². The molecule has 0 saturated heterocycles. The van der Waals surface area contributed by atoms with E-state index in [1.54, 1.807) is 55.6 Å². The number of ketones is 1. The van der Waals surface area contributed by atoms with Crippen LogP contribution in [0.3, 0.4) is 0 Å².